The molecule has 0 spiro atoms. The zero-order valence-electron chi connectivity index (χ0n) is 11.5. The van der Waals surface area contributed by atoms with Crippen LogP contribution >= 0.6 is 12.2 Å². The molecule has 0 heterocycles. The predicted molar refractivity (Wildman–Crippen MR) is 78.4 cm³/mol. The van der Waals surface area contributed by atoms with E-state index in [0.29, 0.717) is 5.54 Å². The van der Waals surface area contributed by atoms with Crippen LogP contribution < -0.4 is 10.6 Å². The lowest BCUT2D eigenvalue weighted by atomic mass is 9.96. The fourth-order valence-corrected chi connectivity index (χ4v) is 2.68. The topological polar surface area (TPSA) is 27.3 Å². The Kier molecular flexibility index (Phi) is 6.20. The lowest BCUT2D eigenvalue weighted by Crippen LogP contribution is -2.52. The molecule has 2 N–H and O–H groups in total. The summed E-state index contributed by atoms with van der Waals surface area (Å²) in [7, 11) is 4.36. The van der Waals surface area contributed by atoms with Crippen LogP contribution in [0.5, 0.6) is 0 Å². The summed E-state index contributed by atoms with van der Waals surface area (Å²) in [6.07, 6.45) is 7.64. The molecule has 0 unspecified atom stereocenters. The Balaban J connectivity index is 2.30. The largest absolute Gasteiger partial charge is 0.363 e. The van der Waals surface area contributed by atoms with Crippen LogP contribution in [0.4, 0.5) is 0 Å². The molecule has 100 valence electrons. The van der Waals surface area contributed by atoms with Gasteiger partial charge in [0.2, 0.25) is 0 Å². The van der Waals surface area contributed by atoms with Crippen LogP contribution in [0.1, 0.15) is 45.4 Å². The van der Waals surface area contributed by atoms with Crippen LogP contribution in [-0.2, 0) is 0 Å². The minimum atomic E-state index is 0.316. The minimum absolute atomic E-state index is 0.316. The molecule has 0 radical (unpaired) electrons. The molecule has 0 aromatic rings. The Hall–Kier alpha value is -0.350. The molecule has 1 rings (SSSR count). The van der Waals surface area contributed by atoms with Crippen LogP contribution in [0.25, 0.3) is 0 Å². The van der Waals surface area contributed by atoms with Crippen molar-refractivity contribution in [3.05, 3.63) is 0 Å². The smallest absolute Gasteiger partial charge is 0.166 e. The summed E-state index contributed by atoms with van der Waals surface area (Å²) in [5.74, 6) is 0. The zero-order valence-corrected chi connectivity index (χ0v) is 12.3. The highest BCUT2D eigenvalue weighted by atomic mass is 32.1. The summed E-state index contributed by atoms with van der Waals surface area (Å²) in [6.45, 7) is 4.15. The highest BCUT2D eigenvalue weighted by Crippen LogP contribution is 2.32. The number of rotatable bonds is 6. The number of nitrogens with one attached hydrogen (secondary N) is 2. The molecule has 1 aliphatic rings. The molecule has 1 saturated carbocycles. The summed E-state index contributed by atoms with van der Waals surface area (Å²) < 4.78 is 0. The first-order valence-corrected chi connectivity index (χ1v) is 7.21. The predicted octanol–water partition coefficient (Wildman–Crippen LogP) is 2.12. The van der Waals surface area contributed by atoms with Crippen molar-refractivity contribution in [2.45, 2.75) is 51.0 Å². The molecule has 0 amide bonds. The van der Waals surface area contributed by atoms with Gasteiger partial charge in [-0.05, 0) is 45.6 Å². The van der Waals surface area contributed by atoms with Gasteiger partial charge >= 0.3 is 0 Å². The van der Waals surface area contributed by atoms with E-state index in [0.717, 1.165) is 18.2 Å². The summed E-state index contributed by atoms with van der Waals surface area (Å²) in [5, 5.41) is 7.46. The second-order valence-corrected chi connectivity index (χ2v) is 5.70. The fourth-order valence-electron chi connectivity index (χ4n) is 2.50. The van der Waals surface area contributed by atoms with Gasteiger partial charge in [-0.1, -0.05) is 26.2 Å². The second kappa shape index (κ2) is 7.17. The Morgan fingerprint density at radius 2 is 1.88 bits per heavy atom. The monoisotopic (exact) mass is 257 g/mol. The summed E-state index contributed by atoms with van der Waals surface area (Å²) in [4.78, 5) is 2.36. The highest BCUT2D eigenvalue weighted by Gasteiger charge is 2.35. The van der Waals surface area contributed by atoms with Crippen LogP contribution in [0, 0.1) is 0 Å². The summed E-state index contributed by atoms with van der Waals surface area (Å²) in [6, 6.07) is 0. The van der Waals surface area contributed by atoms with Crippen molar-refractivity contribution in [3.8, 4) is 0 Å². The summed E-state index contributed by atoms with van der Waals surface area (Å²) in [5.41, 5.74) is 0.316. The van der Waals surface area contributed by atoms with E-state index in [-0.39, 0.29) is 0 Å². The van der Waals surface area contributed by atoms with Gasteiger partial charge in [-0.15, -0.1) is 0 Å². The van der Waals surface area contributed by atoms with Gasteiger partial charge in [-0.2, -0.15) is 0 Å². The lowest BCUT2D eigenvalue weighted by molar-refractivity contribution is 0.161. The molecule has 4 heteroatoms. The average Bonchev–Trinajstić information content (AvgIpc) is 2.77. The maximum atomic E-state index is 5.30. The van der Waals surface area contributed by atoms with Crippen LogP contribution in [0.15, 0.2) is 0 Å². The van der Waals surface area contributed by atoms with Crippen molar-refractivity contribution in [2.24, 2.45) is 0 Å². The molecular weight excluding hydrogens is 230 g/mol. The molecule has 17 heavy (non-hydrogen) atoms. The van der Waals surface area contributed by atoms with Crippen LogP contribution in [-0.4, -0.2) is 42.7 Å². The first kappa shape index (κ1) is 14.7. The molecule has 0 bridgehead atoms. The van der Waals surface area contributed by atoms with Gasteiger partial charge in [-0.25, -0.2) is 0 Å². The molecule has 0 saturated heterocycles. The maximum absolute atomic E-state index is 5.30. The number of thiocarbonyl (C=S) groups is 1. The maximum Gasteiger partial charge on any atom is 0.166 e. The molecule has 0 aromatic carbocycles. The summed E-state index contributed by atoms with van der Waals surface area (Å²) >= 11 is 5.30. The van der Waals surface area contributed by atoms with E-state index in [1.54, 1.807) is 0 Å². The van der Waals surface area contributed by atoms with E-state index in [2.05, 4.69) is 36.6 Å². The number of likely N-dealkylation sites (N-methyl/N-ethyl adjacent to an activating group) is 1. The SMILES string of the molecule is CCCCNC(=S)NCC1(N(C)C)CCCC1. The molecule has 3 nitrogen and oxygen atoms in total. The quantitative estimate of drug-likeness (QED) is 0.563. The highest BCUT2D eigenvalue weighted by molar-refractivity contribution is 7.80. The molecular formula is C13H27N3S. The molecule has 1 fully saturated rings. The van der Waals surface area contributed by atoms with Crippen molar-refractivity contribution in [3.63, 3.8) is 0 Å². The van der Waals surface area contributed by atoms with Gasteiger partial charge in [0.15, 0.2) is 5.11 Å². The van der Waals surface area contributed by atoms with Gasteiger partial charge in [-0.3, -0.25) is 0 Å². The second-order valence-electron chi connectivity index (χ2n) is 5.29. The van der Waals surface area contributed by atoms with E-state index in [1.165, 1.54) is 38.5 Å². The Morgan fingerprint density at radius 1 is 1.24 bits per heavy atom. The molecule has 0 aliphatic heterocycles. The van der Waals surface area contributed by atoms with Crippen molar-refractivity contribution in [1.82, 2.24) is 15.5 Å². The lowest BCUT2D eigenvalue weighted by Gasteiger charge is -2.36. The van der Waals surface area contributed by atoms with E-state index < -0.39 is 0 Å². The van der Waals surface area contributed by atoms with Crippen LogP contribution in [0.3, 0.4) is 0 Å². The van der Waals surface area contributed by atoms with E-state index >= 15 is 0 Å². The zero-order chi connectivity index (χ0) is 12.7. The number of nitrogens with zero attached hydrogens (tertiary/aromatic N) is 1. The van der Waals surface area contributed by atoms with Crippen molar-refractivity contribution in [2.75, 3.05) is 27.2 Å². The third-order valence-electron chi connectivity index (χ3n) is 3.88. The Bertz CT molecular complexity index is 235. The van der Waals surface area contributed by atoms with E-state index in [9.17, 15) is 0 Å². The van der Waals surface area contributed by atoms with Gasteiger partial charge in [0.05, 0.1) is 0 Å². The van der Waals surface area contributed by atoms with E-state index in [4.69, 9.17) is 12.2 Å². The standard InChI is InChI=1S/C13H27N3S/c1-4-5-10-14-12(17)15-11-13(16(2)3)8-6-7-9-13/h4-11H2,1-3H3,(H2,14,15,17). The first-order valence-electron chi connectivity index (χ1n) is 6.80. The molecule has 0 atom stereocenters. The third-order valence-corrected chi connectivity index (χ3v) is 4.17. The number of hydrogen-bond donors (Lipinski definition) is 2. The normalized spacial score (nSPS) is 18.4. The third kappa shape index (κ3) is 4.43. The van der Waals surface area contributed by atoms with Gasteiger partial charge in [0.25, 0.3) is 0 Å². The fraction of sp³-hybridized carbons (Fsp3) is 0.923. The average molecular weight is 257 g/mol. The molecule has 1 aliphatic carbocycles. The van der Waals surface area contributed by atoms with Crippen LogP contribution in [0.2, 0.25) is 0 Å². The van der Waals surface area contributed by atoms with Crippen molar-refractivity contribution >= 4 is 17.3 Å². The number of unbranched alkanes of at least 4 members (excludes halogenated alkanes) is 1. The van der Waals surface area contributed by atoms with Crippen molar-refractivity contribution < 1.29 is 0 Å². The van der Waals surface area contributed by atoms with Gasteiger partial charge in [0.1, 0.15) is 0 Å². The van der Waals surface area contributed by atoms with Crippen molar-refractivity contribution in [1.29, 1.82) is 0 Å². The van der Waals surface area contributed by atoms with Gasteiger partial charge < -0.3 is 15.5 Å². The Morgan fingerprint density at radius 3 is 2.41 bits per heavy atom. The number of hydrogen-bond acceptors (Lipinski definition) is 2. The minimum Gasteiger partial charge on any atom is -0.363 e. The Labute approximate surface area is 111 Å². The molecule has 0 aromatic heterocycles. The van der Waals surface area contributed by atoms with E-state index in [1.807, 2.05) is 0 Å². The first-order chi connectivity index (χ1) is 8.10. The van der Waals surface area contributed by atoms with Gasteiger partial charge in [0, 0.05) is 18.6 Å².